The highest BCUT2D eigenvalue weighted by Gasteiger charge is 2.21. The van der Waals surface area contributed by atoms with Gasteiger partial charge in [0, 0.05) is 24.7 Å². The van der Waals surface area contributed by atoms with E-state index in [-0.39, 0.29) is 5.91 Å². The molecule has 9 nitrogen and oxygen atoms in total. The molecule has 0 saturated carbocycles. The van der Waals surface area contributed by atoms with Gasteiger partial charge in [-0.1, -0.05) is 6.07 Å². The zero-order valence-corrected chi connectivity index (χ0v) is 18.3. The van der Waals surface area contributed by atoms with Crippen molar-refractivity contribution >= 4 is 22.8 Å². The SMILES string of the molecule is COC(=O)c1ccc(CN2CCC(CNC(=O)c3n[nH]c4ccc(OC)cc34)CC2)cn1. The van der Waals surface area contributed by atoms with E-state index in [0.29, 0.717) is 29.6 Å². The Bertz CT molecular complexity index is 1090. The number of rotatable bonds is 7. The van der Waals surface area contributed by atoms with Gasteiger partial charge in [-0.3, -0.25) is 14.8 Å². The third-order valence-corrected chi connectivity index (χ3v) is 5.87. The molecular weight excluding hydrogens is 410 g/mol. The fraction of sp³-hybridized carbons (Fsp3) is 0.391. The molecule has 2 aromatic heterocycles. The van der Waals surface area contributed by atoms with Gasteiger partial charge in [0.25, 0.3) is 5.91 Å². The van der Waals surface area contributed by atoms with E-state index in [9.17, 15) is 9.59 Å². The topological polar surface area (TPSA) is 109 Å². The second-order valence-corrected chi connectivity index (χ2v) is 7.96. The van der Waals surface area contributed by atoms with E-state index in [4.69, 9.17) is 4.74 Å². The number of carbonyl (C=O) groups excluding carboxylic acids is 2. The van der Waals surface area contributed by atoms with Crippen molar-refractivity contribution < 1.29 is 19.1 Å². The number of fused-ring (bicyclic) bond motifs is 1. The van der Waals surface area contributed by atoms with Gasteiger partial charge in [0.05, 0.1) is 19.7 Å². The summed E-state index contributed by atoms with van der Waals surface area (Å²) in [4.78, 5) is 30.7. The number of benzene rings is 1. The molecule has 168 valence electrons. The van der Waals surface area contributed by atoms with E-state index < -0.39 is 5.97 Å². The van der Waals surface area contributed by atoms with Gasteiger partial charge in [-0.25, -0.2) is 9.78 Å². The molecule has 1 saturated heterocycles. The summed E-state index contributed by atoms with van der Waals surface area (Å²) in [6, 6.07) is 9.11. The maximum absolute atomic E-state index is 12.7. The molecule has 0 atom stereocenters. The lowest BCUT2D eigenvalue weighted by Crippen LogP contribution is -2.38. The van der Waals surface area contributed by atoms with Crippen LogP contribution in [0.5, 0.6) is 5.75 Å². The highest BCUT2D eigenvalue weighted by atomic mass is 16.5. The summed E-state index contributed by atoms with van der Waals surface area (Å²) < 4.78 is 9.93. The number of nitrogens with one attached hydrogen (secondary N) is 2. The summed E-state index contributed by atoms with van der Waals surface area (Å²) in [6.07, 6.45) is 3.73. The summed E-state index contributed by atoms with van der Waals surface area (Å²) in [7, 11) is 2.94. The summed E-state index contributed by atoms with van der Waals surface area (Å²) >= 11 is 0. The average Bonchev–Trinajstić information content (AvgIpc) is 3.26. The van der Waals surface area contributed by atoms with E-state index in [2.05, 4.69) is 30.1 Å². The number of aromatic amines is 1. The molecule has 0 unspecified atom stereocenters. The van der Waals surface area contributed by atoms with E-state index >= 15 is 0 Å². The molecule has 1 aromatic carbocycles. The number of hydrogen-bond donors (Lipinski definition) is 2. The van der Waals surface area contributed by atoms with E-state index in [1.54, 1.807) is 19.4 Å². The molecule has 9 heteroatoms. The van der Waals surface area contributed by atoms with E-state index in [0.717, 1.165) is 48.9 Å². The average molecular weight is 438 g/mol. The number of H-pyrrole nitrogens is 1. The second-order valence-electron chi connectivity index (χ2n) is 7.96. The van der Waals surface area contributed by atoms with Crippen molar-refractivity contribution in [1.82, 2.24) is 25.4 Å². The Morgan fingerprint density at radius 1 is 1.19 bits per heavy atom. The molecule has 1 fully saturated rings. The van der Waals surface area contributed by atoms with Crippen LogP contribution in [0.3, 0.4) is 0 Å². The number of hydrogen-bond acceptors (Lipinski definition) is 7. The Morgan fingerprint density at radius 2 is 2.00 bits per heavy atom. The minimum atomic E-state index is -0.429. The summed E-state index contributed by atoms with van der Waals surface area (Å²) in [6.45, 7) is 3.30. The predicted molar refractivity (Wildman–Crippen MR) is 119 cm³/mol. The molecule has 3 heterocycles. The number of methoxy groups -OCH3 is 2. The zero-order valence-electron chi connectivity index (χ0n) is 18.3. The van der Waals surface area contributed by atoms with Crippen molar-refractivity contribution in [2.24, 2.45) is 5.92 Å². The fourth-order valence-corrected chi connectivity index (χ4v) is 3.96. The summed E-state index contributed by atoms with van der Waals surface area (Å²) in [5, 5.41) is 10.9. The molecule has 32 heavy (non-hydrogen) atoms. The van der Waals surface area contributed by atoms with Gasteiger partial charge in [0.1, 0.15) is 11.4 Å². The van der Waals surface area contributed by atoms with Crippen molar-refractivity contribution in [1.29, 1.82) is 0 Å². The van der Waals surface area contributed by atoms with Crippen LogP contribution >= 0.6 is 0 Å². The molecule has 2 N–H and O–H groups in total. The summed E-state index contributed by atoms with van der Waals surface area (Å²) in [5.74, 6) is 0.510. The van der Waals surface area contributed by atoms with Gasteiger partial charge in [0.2, 0.25) is 0 Å². The molecule has 1 aliphatic heterocycles. The predicted octanol–water partition coefficient (Wildman–Crippen LogP) is 2.40. The molecule has 1 aliphatic rings. The normalized spacial score (nSPS) is 14.9. The first-order valence-electron chi connectivity index (χ1n) is 10.6. The molecular formula is C23H27N5O4. The highest BCUT2D eigenvalue weighted by Crippen LogP contribution is 2.22. The zero-order chi connectivity index (χ0) is 22.5. The Morgan fingerprint density at radius 3 is 2.69 bits per heavy atom. The number of aromatic nitrogens is 3. The third kappa shape index (κ3) is 4.88. The van der Waals surface area contributed by atoms with Crippen LogP contribution in [0.1, 0.15) is 39.4 Å². The maximum Gasteiger partial charge on any atom is 0.356 e. The maximum atomic E-state index is 12.7. The van der Waals surface area contributed by atoms with Crippen LogP contribution in [0, 0.1) is 5.92 Å². The Hall–Kier alpha value is -3.46. The number of esters is 1. The fourth-order valence-electron chi connectivity index (χ4n) is 3.96. The first-order valence-corrected chi connectivity index (χ1v) is 10.6. The number of nitrogens with zero attached hydrogens (tertiary/aromatic N) is 3. The smallest absolute Gasteiger partial charge is 0.356 e. The van der Waals surface area contributed by atoms with Gasteiger partial charge in [0.15, 0.2) is 5.69 Å². The molecule has 3 aromatic rings. The number of amides is 1. The summed E-state index contributed by atoms with van der Waals surface area (Å²) in [5.41, 5.74) is 2.57. The first-order chi connectivity index (χ1) is 15.6. The van der Waals surface area contributed by atoms with Crippen molar-refractivity contribution in [3.63, 3.8) is 0 Å². The van der Waals surface area contributed by atoms with Gasteiger partial charge in [-0.05, 0) is 61.7 Å². The van der Waals surface area contributed by atoms with Crippen LogP contribution in [0.2, 0.25) is 0 Å². The van der Waals surface area contributed by atoms with Crippen LogP contribution in [0.15, 0.2) is 36.5 Å². The number of pyridine rings is 1. The van der Waals surface area contributed by atoms with Crippen molar-refractivity contribution in [2.45, 2.75) is 19.4 Å². The van der Waals surface area contributed by atoms with Crippen LogP contribution in [0.25, 0.3) is 10.9 Å². The van der Waals surface area contributed by atoms with Crippen LogP contribution in [0.4, 0.5) is 0 Å². The number of likely N-dealkylation sites (tertiary alicyclic amines) is 1. The van der Waals surface area contributed by atoms with Crippen LogP contribution < -0.4 is 10.1 Å². The molecule has 0 aliphatic carbocycles. The first kappa shape index (κ1) is 21.8. The Labute approximate surface area is 186 Å². The van der Waals surface area contributed by atoms with Crippen LogP contribution in [-0.4, -0.2) is 65.8 Å². The highest BCUT2D eigenvalue weighted by molar-refractivity contribution is 6.05. The van der Waals surface area contributed by atoms with Crippen molar-refractivity contribution in [3.05, 3.63) is 53.5 Å². The largest absolute Gasteiger partial charge is 0.497 e. The van der Waals surface area contributed by atoms with Crippen molar-refractivity contribution in [2.75, 3.05) is 33.9 Å². The molecule has 1 amide bonds. The van der Waals surface area contributed by atoms with E-state index in [1.165, 1.54) is 7.11 Å². The van der Waals surface area contributed by atoms with Gasteiger partial charge in [-0.15, -0.1) is 0 Å². The minimum absolute atomic E-state index is 0.177. The number of ether oxygens (including phenoxy) is 2. The lowest BCUT2D eigenvalue weighted by atomic mass is 9.96. The standard InChI is InChI=1S/C23H27N5O4/c1-31-17-4-6-19-18(11-17)21(27-26-19)22(29)25-12-15-7-9-28(10-8-15)14-16-3-5-20(24-13-16)23(30)32-2/h3-6,11,13,15H,7-10,12,14H2,1-2H3,(H,25,29)(H,26,27). The monoisotopic (exact) mass is 437 g/mol. The lowest BCUT2D eigenvalue weighted by molar-refractivity contribution is 0.0594. The van der Waals surface area contributed by atoms with Gasteiger partial charge < -0.3 is 14.8 Å². The third-order valence-electron chi connectivity index (χ3n) is 5.87. The lowest BCUT2D eigenvalue weighted by Gasteiger charge is -2.31. The molecule has 0 radical (unpaired) electrons. The second kappa shape index (κ2) is 9.78. The van der Waals surface area contributed by atoms with Crippen molar-refractivity contribution in [3.8, 4) is 5.75 Å². The molecule has 0 spiro atoms. The molecule has 4 rings (SSSR count). The number of carbonyl (C=O) groups is 2. The van der Waals surface area contributed by atoms with Crippen LogP contribution in [-0.2, 0) is 11.3 Å². The van der Waals surface area contributed by atoms with Gasteiger partial charge >= 0.3 is 5.97 Å². The quantitative estimate of drug-likeness (QED) is 0.546. The van der Waals surface area contributed by atoms with E-state index in [1.807, 2.05) is 24.3 Å². The number of piperidine rings is 1. The van der Waals surface area contributed by atoms with Gasteiger partial charge in [-0.2, -0.15) is 5.10 Å². The Balaban J connectivity index is 1.25. The minimum Gasteiger partial charge on any atom is -0.497 e. The molecule has 0 bridgehead atoms. The Kier molecular flexibility index (Phi) is 6.65.